The summed E-state index contributed by atoms with van der Waals surface area (Å²) in [6, 6.07) is 9.01. The number of hydrogen-bond acceptors (Lipinski definition) is 7. The third kappa shape index (κ3) is 10.2. The van der Waals surface area contributed by atoms with Crippen LogP contribution in [0.1, 0.15) is 61.0 Å². The number of nitrogens with one attached hydrogen (secondary N) is 3. The predicted octanol–water partition coefficient (Wildman–Crippen LogP) is 3.86. The maximum atomic E-state index is 12.5. The minimum atomic E-state index is -4.80. The summed E-state index contributed by atoms with van der Waals surface area (Å²) in [4.78, 5) is 37.4. The Balaban J connectivity index is 1.16. The van der Waals surface area contributed by atoms with Crippen LogP contribution in [0.25, 0.3) is 0 Å². The number of nitrogens with zero attached hydrogens (tertiary/aromatic N) is 4. The Labute approximate surface area is 246 Å². The first-order valence-electron chi connectivity index (χ1n) is 14.3. The number of ether oxygens (including phenoxy) is 1. The van der Waals surface area contributed by atoms with Gasteiger partial charge in [-0.05, 0) is 75.3 Å². The number of unbranched alkanes of at least 4 members (excludes halogenated alkanes) is 1. The van der Waals surface area contributed by atoms with Gasteiger partial charge in [-0.25, -0.2) is 0 Å². The molecule has 1 aliphatic carbocycles. The summed E-state index contributed by atoms with van der Waals surface area (Å²) in [6.07, 6.45) is 4.32. The summed E-state index contributed by atoms with van der Waals surface area (Å²) >= 11 is 0. The number of hydrogen-bond donors (Lipinski definition) is 3. The van der Waals surface area contributed by atoms with E-state index in [1.165, 1.54) is 35.1 Å². The molecule has 0 aliphatic heterocycles. The van der Waals surface area contributed by atoms with Crippen molar-refractivity contribution in [2.24, 2.45) is 5.92 Å². The van der Waals surface area contributed by atoms with Gasteiger partial charge in [0.2, 0.25) is 5.91 Å². The van der Waals surface area contributed by atoms with Gasteiger partial charge in [-0.1, -0.05) is 17.3 Å². The van der Waals surface area contributed by atoms with Gasteiger partial charge in [0, 0.05) is 50.0 Å². The zero-order valence-electron chi connectivity index (χ0n) is 23.9. The van der Waals surface area contributed by atoms with Crippen LogP contribution < -0.4 is 26.2 Å². The summed E-state index contributed by atoms with van der Waals surface area (Å²) in [7, 11) is 1.97. The highest BCUT2D eigenvalue weighted by Crippen LogP contribution is 2.27. The highest BCUT2D eigenvalue weighted by molar-refractivity contribution is 5.92. The van der Waals surface area contributed by atoms with E-state index in [-0.39, 0.29) is 29.5 Å². The van der Waals surface area contributed by atoms with Crippen molar-refractivity contribution in [3.8, 4) is 5.75 Å². The summed E-state index contributed by atoms with van der Waals surface area (Å²) in [5.74, 6) is -0.597. The van der Waals surface area contributed by atoms with Crippen LogP contribution in [0.5, 0.6) is 5.75 Å². The molecule has 1 aliphatic rings. The van der Waals surface area contributed by atoms with Gasteiger partial charge >= 0.3 is 6.36 Å². The number of pyridine rings is 1. The van der Waals surface area contributed by atoms with E-state index in [0.717, 1.165) is 25.7 Å². The number of halogens is 3. The van der Waals surface area contributed by atoms with Gasteiger partial charge in [-0.2, -0.15) is 0 Å². The first-order valence-corrected chi connectivity index (χ1v) is 14.3. The lowest BCUT2D eigenvalue weighted by Gasteiger charge is -2.27. The SMILES string of the molecule is CNC1CCC(CC(=O)Nc2ccn(CCCCn3cc(C(=O)NCc4cccc(OC(F)(F)F)c4)nn3)c(=O)c2)CC1. The zero-order chi connectivity index (χ0) is 30.8. The molecular weight excluding hydrogens is 567 g/mol. The Morgan fingerprint density at radius 2 is 1.84 bits per heavy atom. The Hall–Kier alpha value is -4.20. The van der Waals surface area contributed by atoms with E-state index < -0.39 is 12.3 Å². The maximum Gasteiger partial charge on any atom is 0.573 e. The molecule has 1 saturated carbocycles. The third-order valence-corrected chi connectivity index (χ3v) is 7.40. The molecule has 0 atom stereocenters. The van der Waals surface area contributed by atoms with E-state index >= 15 is 0 Å². The molecular formula is C29H36F3N7O4. The Kier molecular flexibility index (Phi) is 10.9. The lowest BCUT2D eigenvalue weighted by atomic mass is 9.84. The Morgan fingerprint density at radius 3 is 2.56 bits per heavy atom. The number of carbonyl (C=O) groups excluding carboxylic acids is 2. The second-order valence-electron chi connectivity index (χ2n) is 10.7. The number of aromatic nitrogens is 4. The van der Waals surface area contributed by atoms with Crippen LogP contribution in [-0.4, -0.2) is 50.8 Å². The topological polar surface area (TPSA) is 132 Å². The van der Waals surface area contributed by atoms with Gasteiger partial charge in [0.1, 0.15) is 5.75 Å². The van der Waals surface area contributed by atoms with Crippen LogP contribution in [0.2, 0.25) is 0 Å². The Bertz CT molecular complexity index is 1430. The lowest BCUT2D eigenvalue weighted by molar-refractivity contribution is -0.274. The number of benzene rings is 1. The van der Waals surface area contributed by atoms with E-state index in [4.69, 9.17) is 0 Å². The highest BCUT2D eigenvalue weighted by atomic mass is 19.4. The molecule has 11 nitrogen and oxygen atoms in total. The molecule has 0 saturated heterocycles. The number of carbonyl (C=O) groups is 2. The fourth-order valence-corrected chi connectivity index (χ4v) is 5.09. The van der Waals surface area contributed by atoms with Crippen LogP contribution in [0, 0.1) is 5.92 Å². The van der Waals surface area contributed by atoms with E-state index in [1.54, 1.807) is 22.9 Å². The molecule has 2 heterocycles. The highest BCUT2D eigenvalue weighted by Gasteiger charge is 2.31. The molecule has 4 rings (SSSR count). The molecule has 0 radical (unpaired) electrons. The van der Waals surface area contributed by atoms with Gasteiger partial charge in [0.15, 0.2) is 5.69 Å². The number of aryl methyl sites for hydroxylation is 2. The van der Waals surface area contributed by atoms with Crippen molar-refractivity contribution in [1.29, 1.82) is 0 Å². The number of alkyl halides is 3. The van der Waals surface area contributed by atoms with Crippen molar-refractivity contribution in [1.82, 2.24) is 30.2 Å². The van der Waals surface area contributed by atoms with E-state index in [0.29, 0.717) is 55.6 Å². The summed E-state index contributed by atoms with van der Waals surface area (Å²) in [6.45, 7) is 0.924. The molecule has 2 aromatic heterocycles. The zero-order valence-corrected chi connectivity index (χ0v) is 23.9. The monoisotopic (exact) mass is 603 g/mol. The van der Waals surface area contributed by atoms with Crippen LogP contribution in [0.4, 0.5) is 18.9 Å². The molecule has 1 aromatic carbocycles. The van der Waals surface area contributed by atoms with Gasteiger partial charge in [0.25, 0.3) is 11.5 Å². The van der Waals surface area contributed by atoms with Crippen LogP contribution in [0.15, 0.2) is 53.6 Å². The minimum Gasteiger partial charge on any atom is -0.406 e. The van der Waals surface area contributed by atoms with Gasteiger partial charge in [-0.15, -0.1) is 18.3 Å². The molecule has 0 spiro atoms. The van der Waals surface area contributed by atoms with Crippen molar-refractivity contribution in [2.75, 3.05) is 12.4 Å². The molecule has 0 unspecified atom stereocenters. The van der Waals surface area contributed by atoms with Crippen molar-refractivity contribution in [3.63, 3.8) is 0 Å². The smallest absolute Gasteiger partial charge is 0.406 e. The normalized spacial score (nSPS) is 16.9. The molecule has 14 heteroatoms. The second kappa shape index (κ2) is 14.8. The average Bonchev–Trinajstić information content (AvgIpc) is 3.44. The molecule has 3 aromatic rings. The first kappa shape index (κ1) is 31.7. The lowest BCUT2D eigenvalue weighted by Crippen LogP contribution is -2.31. The van der Waals surface area contributed by atoms with Gasteiger partial charge < -0.3 is 25.3 Å². The molecule has 1 fully saturated rings. The van der Waals surface area contributed by atoms with Crippen LogP contribution in [-0.2, 0) is 24.4 Å². The van der Waals surface area contributed by atoms with Crippen molar-refractivity contribution in [3.05, 3.63) is 70.4 Å². The van der Waals surface area contributed by atoms with Crippen molar-refractivity contribution >= 4 is 17.5 Å². The molecule has 3 N–H and O–H groups in total. The average molecular weight is 604 g/mol. The fraction of sp³-hybridized carbons (Fsp3) is 0.483. The van der Waals surface area contributed by atoms with Crippen LogP contribution >= 0.6 is 0 Å². The van der Waals surface area contributed by atoms with E-state index in [9.17, 15) is 27.6 Å². The van der Waals surface area contributed by atoms with E-state index in [1.807, 2.05) is 7.05 Å². The second-order valence-corrected chi connectivity index (χ2v) is 10.7. The van der Waals surface area contributed by atoms with Crippen molar-refractivity contribution in [2.45, 2.75) is 77.0 Å². The van der Waals surface area contributed by atoms with E-state index in [2.05, 4.69) is 31.0 Å². The molecule has 43 heavy (non-hydrogen) atoms. The molecule has 0 bridgehead atoms. The molecule has 2 amide bonds. The Morgan fingerprint density at radius 1 is 1.07 bits per heavy atom. The summed E-state index contributed by atoms with van der Waals surface area (Å²) in [5.41, 5.74) is 0.784. The summed E-state index contributed by atoms with van der Waals surface area (Å²) < 4.78 is 44.2. The molecule has 232 valence electrons. The third-order valence-electron chi connectivity index (χ3n) is 7.40. The minimum absolute atomic E-state index is 0.0180. The standard InChI is InChI=1S/C29H36F3N7O4/c1-33-22-9-7-20(8-10-22)16-26(40)35-23-11-14-38(27(41)17-23)12-2-3-13-39-19-25(36-37-39)28(42)34-18-21-5-4-6-24(15-21)43-29(30,31)32/h4-6,11,14-15,17,19-20,22,33H,2-3,7-10,12-13,16,18H2,1H3,(H,34,42)(H,35,40). The quantitative estimate of drug-likeness (QED) is 0.253. The maximum absolute atomic E-state index is 12.5. The van der Waals surface area contributed by atoms with Gasteiger partial charge in [-0.3, -0.25) is 19.1 Å². The largest absolute Gasteiger partial charge is 0.573 e. The first-order chi connectivity index (χ1) is 20.6. The van der Waals surface area contributed by atoms with Gasteiger partial charge in [0.05, 0.1) is 6.20 Å². The fourth-order valence-electron chi connectivity index (χ4n) is 5.09. The number of rotatable bonds is 13. The van der Waals surface area contributed by atoms with Crippen molar-refractivity contribution < 1.29 is 27.5 Å². The number of anilines is 1. The number of amides is 2. The predicted molar refractivity (Wildman–Crippen MR) is 152 cm³/mol. The summed E-state index contributed by atoms with van der Waals surface area (Å²) in [5, 5.41) is 16.5. The van der Waals surface area contributed by atoms with Crippen LogP contribution in [0.3, 0.4) is 0 Å².